The molecule has 1 aromatic heterocycles. The van der Waals surface area contributed by atoms with Gasteiger partial charge in [0.2, 0.25) is 0 Å². The minimum atomic E-state index is -3.64. The van der Waals surface area contributed by atoms with Crippen molar-refractivity contribution in [2.45, 2.75) is 18.5 Å². The highest BCUT2D eigenvalue weighted by Gasteiger charge is 2.19. The molecule has 1 aromatic carbocycles. The number of nitrogens with zero attached hydrogens (tertiary/aromatic N) is 1. The van der Waals surface area contributed by atoms with Gasteiger partial charge in [-0.2, -0.15) is 0 Å². The third kappa shape index (κ3) is 3.15. The Morgan fingerprint density at radius 2 is 1.90 bits per heavy atom. The summed E-state index contributed by atoms with van der Waals surface area (Å²) in [6.45, 7) is 2.19. The summed E-state index contributed by atoms with van der Waals surface area (Å²) >= 11 is 0. The number of rotatable bonds is 5. The Labute approximate surface area is 119 Å². The summed E-state index contributed by atoms with van der Waals surface area (Å²) in [5.74, 6) is 0. The zero-order valence-corrected chi connectivity index (χ0v) is 12.2. The fraction of sp³-hybridized carbons (Fsp3) is 0.214. The second kappa shape index (κ2) is 6.02. The molecule has 0 unspecified atom stereocenters. The molecule has 6 heteroatoms. The Morgan fingerprint density at radius 1 is 1.15 bits per heavy atom. The van der Waals surface area contributed by atoms with E-state index in [9.17, 15) is 8.42 Å². The molecule has 2 N–H and O–H groups in total. The molecule has 0 saturated heterocycles. The fourth-order valence-electron chi connectivity index (χ4n) is 1.84. The van der Waals surface area contributed by atoms with Gasteiger partial charge in [-0.05, 0) is 30.2 Å². The van der Waals surface area contributed by atoms with Gasteiger partial charge in [-0.25, -0.2) is 18.1 Å². The zero-order valence-electron chi connectivity index (χ0n) is 11.4. The molecule has 0 aliphatic rings. The van der Waals surface area contributed by atoms with Crippen LogP contribution in [0.25, 0.3) is 0 Å². The normalized spacial score (nSPS) is 11.3. The van der Waals surface area contributed by atoms with Gasteiger partial charge >= 0.3 is 0 Å². The van der Waals surface area contributed by atoms with Crippen molar-refractivity contribution in [2.75, 3.05) is 12.4 Å². The van der Waals surface area contributed by atoms with E-state index in [0.29, 0.717) is 5.69 Å². The SMILES string of the molecule is CNc1cccnc1S(=O)(=O)NCc1ccccc1C. The van der Waals surface area contributed by atoms with Crippen LogP contribution in [0.5, 0.6) is 0 Å². The molecular formula is C14H17N3O2S. The van der Waals surface area contributed by atoms with E-state index in [1.165, 1.54) is 6.20 Å². The van der Waals surface area contributed by atoms with E-state index in [4.69, 9.17) is 0 Å². The zero-order chi connectivity index (χ0) is 14.6. The lowest BCUT2D eigenvalue weighted by atomic mass is 10.1. The van der Waals surface area contributed by atoms with Crippen LogP contribution in [-0.4, -0.2) is 20.4 Å². The minimum Gasteiger partial charge on any atom is -0.386 e. The average Bonchev–Trinajstić information content (AvgIpc) is 2.46. The van der Waals surface area contributed by atoms with Crippen LogP contribution in [0.4, 0.5) is 5.69 Å². The monoisotopic (exact) mass is 291 g/mol. The second-order valence-corrected chi connectivity index (χ2v) is 6.04. The van der Waals surface area contributed by atoms with Crippen LogP contribution >= 0.6 is 0 Å². The number of nitrogens with one attached hydrogen (secondary N) is 2. The highest BCUT2D eigenvalue weighted by atomic mass is 32.2. The Balaban J connectivity index is 2.22. The molecular weight excluding hydrogens is 274 g/mol. The van der Waals surface area contributed by atoms with Crippen molar-refractivity contribution in [2.24, 2.45) is 0 Å². The summed E-state index contributed by atoms with van der Waals surface area (Å²) in [7, 11) is -1.98. The Hall–Kier alpha value is -1.92. The van der Waals surface area contributed by atoms with Crippen molar-refractivity contribution in [1.29, 1.82) is 0 Å². The van der Waals surface area contributed by atoms with E-state index in [1.54, 1.807) is 19.2 Å². The smallest absolute Gasteiger partial charge is 0.260 e. The Bertz CT molecular complexity index is 699. The molecule has 20 heavy (non-hydrogen) atoms. The number of hydrogen-bond acceptors (Lipinski definition) is 4. The van der Waals surface area contributed by atoms with Gasteiger partial charge in [0.15, 0.2) is 5.03 Å². The van der Waals surface area contributed by atoms with Crippen molar-refractivity contribution in [3.63, 3.8) is 0 Å². The van der Waals surface area contributed by atoms with Gasteiger partial charge in [0.25, 0.3) is 10.0 Å². The van der Waals surface area contributed by atoms with Crippen LogP contribution in [0.15, 0.2) is 47.6 Å². The summed E-state index contributed by atoms with van der Waals surface area (Å²) in [6, 6.07) is 11.0. The highest BCUT2D eigenvalue weighted by Crippen LogP contribution is 2.17. The first-order valence-electron chi connectivity index (χ1n) is 6.21. The first-order valence-corrected chi connectivity index (χ1v) is 7.70. The minimum absolute atomic E-state index is 0.0103. The van der Waals surface area contributed by atoms with E-state index in [2.05, 4.69) is 15.0 Å². The molecule has 0 saturated carbocycles. The van der Waals surface area contributed by atoms with Crippen LogP contribution in [0.3, 0.4) is 0 Å². The molecule has 0 fully saturated rings. The van der Waals surface area contributed by atoms with Gasteiger partial charge in [-0.15, -0.1) is 0 Å². The van der Waals surface area contributed by atoms with Gasteiger partial charge < -0.3 is 5.32 Å². The number of sulfonamides is 1. The Morgan fingerprint density at radius 3 is 2.60 bits per heavy atom. The number of aromatic nitrogens is 1. The van der Waals surface area contributed by atoms with E-state index < -0.39 is 10.0 Å². The molecule has 0 aliphatic heterocycles. The first kappa shape index (κ1) is 14.5. The van der Waals surface area contributed by atoms with Gasteiger partial charge in [0.1, 0.15) is 0 Å². The molecule has 0 radical (unpaired) electrons. The van der Waals surface area contributed by atoms with Gasteiger partial charge in [0.05, 0.1) is 5.69 Å². The number of benzene rings is 1. The lowest BCUT2D eigenvalue weighted by Crippen LogP contribution is -2.25. The molecule has 0 atom stereocenters. The molecule has 2 aromatic rings. The van der Waals surface area contributed by atoms with Crippen LogP contribution in [0.1, 0.15) is 11.1 Å². The van der Waals surface area contributed by atoms with E-state index in [-0.39, 0.29) is 11.6 Å². The van der Waals surface area contributed by atoms with Crippen molar-refractivity contribution >= 4 is 15.7 Å². The Kier molecular flexibility index (Phi) is 4.36. The summed E-state index contributed by atoms with van der Waals surface area (Å²) in [5.41, 5.74) is 2.47. The molecule has 106 valence electrons. The molecule has 1 heterocycles. The average molecular weight is 291 g/mol. The van der Waals surface area contributed by atoms with Crippen LogP contribution in [0.2, 0.25) is 0 Å². The molecule has 0 bridgehead atoms. The second-order valence-electron chi connectivity index (χ2n) is 4.36. The predicted octanol–water partition coefficient (Wildman–Crippen LogP) is 1.91. The van der Waals surface area contributed by atoms with Crippen LogP contribution in [0, 0.1) is 6.92 Å². The van der Waals surface area contributed by atoms with Crippen molar-refractivity contribution in [3.8, 4) is 0 Å². The first-order chi connectivity index (χ1) is 9.54. The van der Waals surface area contributed by atoms with Gasteiger partial charge in [0, 0.05) is 19.8 Å². The van der Waals surface area contributed by atoms with Crippen molar-refractivity contribution in [3.05, 3.63) is 53.7 Å². The lowest BCUT2D eigenvalue weighted by molar-refractivity contribution is 0.577. The van der Waals surface area contributed by atoms with Crippen LogP contribution in [-0.2, 0) is 16.6 Å². The maximum Gasteiger partial charge on any atom is 0.260 e. The maximum absolute atomic E-state index is 12.3. The highest BCUT2D eigenvalue weighted by molar-refractivity contribution is 7.89. The van der Waals surface area contributed by atoms with Gasteiger partial charge in [-0.1, -0.05) is 24.3 Å². The molecule has 0 spiro atoms. The maximum atomic E-state index is 12.3. The van der Waals surface area contributed by atoms with Crippen molar-refractivity contribution in [1.82, 2.24) is 9.71 Å². The summed E-state index contributed by atoms with van der Waals surface area (Å²) < 4.78 is 27.1. The van der Waals surface area contributed by atoms with Crippen LogP contribution < -0.4 is 10.0 Å². The predicted molar refractivity (Wildman–Crippen MR) is 79.0 cm³/mol. The summed E-state index contributed by atoms with van der Waals surface area (Å²) in [5, 5.41) is 2.84. The fourth-order valence-corrected chi connectivity index (χ4v) is 2.99. The third-order valence-corrected chi connectivity index (χ3v) is 4.37. The molecule has 0 amide bonds. The lowest BCUT2D eigenvalue weighted by Gasteiger charge is -2.11. The summed E-state index contributed by atoms with van der Waals surface area (Å²) in [6.07, 6.45) is 1.46. The standard InChI is InChI=1S/C14H17N3O2S/c1-11-6-3-4-7-12(11)10-17-20(18,19)14-13(15-2)8-5-9-16-14/h3-9,15,17H,10H2,1-2H3. The number of anilines is 1. The van der Waals surface area contributed by atoms with Gasteiger partial charge in [-0.3, -0.25) is 0 Å². The van der Waals surface area contributed by atoms with E-state index >= 15 is 0 Å². The number of hydrogen-bond donors (Lipinski definition) is 2. The molecule has 5 nitrogen and oxygen atoms in total. The largest absolute Gasteiger partial charge is 0.386 e. The van der Waals surface area contributed by atoms with E-state index in [0.717, 1.165) is 11.1 Å². The topological polar surface area (TPSA) is 71.1 Å². The summed E-state index contributed by atoms with van der Waals surface area (Å²) in [4.78, 5) is 3.94. The van der Waals surface area contributed by atoms with Crippen molar-refractivity contribution < 1.29 is 8.42 Å². The molecule has 2 rings (SSSR count). The molecule has 0 aliphatic carbocycles. The number of pyridine rings is 1. The quantitative estimate of drug-likeness (QED) is 0.883. The van der Waals surface area contributed by atoms with E-state index in [1.807, 2.05) is 31.2 Å². The third-order valence-electron chi connectivity index (χ3n) is 3.01. The number of aryl methyl sites for hydroxylation is 1.